The molecule has 0 aliphatic carbocycles. The van der Waals surface area contributed by atoms with E-state index in [1.54, 1.807) is 30.6 Å². The predicted molar refractivity (Wildman–Crippen MR) is 80.3 cm³/mol. The number of nitrogens with zero attached hydrogens (tertiary/aromatic N) is 1. The molecule has 0 fully saturated rings. The van der Waals surface area contributed by atoms with E-state index in [0.717, 1.165) is 17.7 Å². The van der Waals surface area contributed by atoms with Crippen molar-refractivity contribution in [2.24, 2.45) is 0 Å². The molecule has 1 aromatic heterocycles. The topological polar surface area (TPSA) is 22.1 Å². The summed E-state index contributed by atoms with van der Waals surface area (Å²) in [5.74, 6) is -1.80. The molecule has 0 saturated heterocycles. The van der Waals surface area contributed by atoms with Crippen LogP contribution in [0.15, 0.2) is 60.9 Å². The number of hydrogen-bond donors (Lipinski definition) is 0. The van der Waals surface area contributed by atoms with Crippen molar-refractivity contribution in [2.45, 2.75) is 6.61 Å². The zero-order valence-corrected chi connectivity index (χ0v) is 12.0. The van der Waals surface area contributed by atoms with Crippen molar-refractivity contribution < 1.29 is 17.9 Å². The first-order valence-electron chi connectivity index (χ1n) is 6.89. The predicted octanol–water partition coefficient (Wildman–Crippen LogP) is 4.74. The molecule has 3 aromatic rings. The lowest BCUT2D eigenvalue weighted by Crippen LogP contribution is -1.99. The third-order valence-electron chi connectivity index (χ3n) is 3.24. The van der Waals surface area contributed by atoms with Gasteiger partial charge in [0.05, 0.1) is 0 Å². The van der Waals surface area contributed by atoms with Gasteiger partial charge in [-0.2, -0.15) is 0 Å². The number of benzene rings is 2. The second kappa shape index (κ2) is 6.52. The van der Waals surface area contributed by atoms with Gasteiger partial charge in [-0.05, 0) is 35.9 Å². The van der Waals surface area contributed by atoms with Crippen molar-refractivity contribution in [3.8, 4) is 16.9 Å². The molecule has 0 amide bonds. The van der Waals surface area contributed by atoms with Gasteiger partial charge in [0.2, 0.25) is 0 Å². The summed E-state index contributed by atoms with van der Waals surface area (Å²) in [6.45, 7) is 0.0682. The molecule has 0 unspecified atom stereocenters. The Bertz CT molecular complexity index is 836. The minimum Gasteiger partial charge on any atom is -0.486 e. The summed E-state index contributed by atoms with van der Waals surface area (Å²) in [5, 5.41) is 0. The van der Waals surface area contributed by atoms with Crippen molar-refractivity contribution in [2.75, 3.05) is 0 Å². The molecule has 3 rings (SSSR count). The third kappa shape index (κ3) is 3.69. The fraction of sp³-hybridized carbons (Fsp3) is 0.0556. The third-order valence-corrected chi connectivity index (χ3v) is 3.24. The quantitative estimate of drug-likeness (QED) is 0.693. The van der Waals surface area contributed by atoms with Crippen LogP contribution >= 0.6 is 0 Å². The second-order valence-electron chi connectivity index (χ2n) is 4.96. The van der Waals surface area contributed by atoms with Crippen LogP contribution in [0.5, 0.6) is 5.75 Å². The van der Waals surface area contributed by atoms with Crippen molar-refractivity contribution in [3.63, 3.8) is 0 Å². The lowest BCUT2D eigenvalue weighted by molar-refractivity contribution is 0.289. The zero-order chi connectivity index (χ0) is 16.2. The first-order valence-corrected chi connectivity index (χ1v) is 6.89. The first-order chi connectivity index (χ1) is 11.1. The molecule has 0 saturated carbocycles. The molecule has 0 radical (unpaired) electrons. The Labute approximate surface area is 131 Å². The van der Waals surface area contributed by atoms with Crippen LogP contribution in [0.1, 0.15) is 5.56 Å². The molecule has 0 aliphatic heterocycles. The van der Waals surface area contributed by atoms with Crippen LogP contribution in [0.25, 0.3) is 11.1 Å². The maximum Gasteiger partial charge on any atom is 0.167 e. The number of aromatic nitrogens is 1. The van der Waals surface area contributed by atoms with Crippen molar-refractivity contribution >= 4 is 0 Å². The Hall–Kier alpha value is -2.82. The van der Waals surface area contributed by atoms with E-state index in [9.17, 15) is 13.2 Å². The molecular formula is C18H12F3NO. The standard InChI is InChI=1S/C18H12F3NO/c19-15-3-1-2-13(7-15)14-6-12(9-22-10-14)11-23-18-5-4-16(20)8-17(18)21/h1-10H,11H2. The van der Waals surface area contributed by atoms with Crippen LogP contribution in [0.4, 0.5) is 13.2 Å². The Kier molecular flexibility index (Phi) is 4.28. The maximum atomic E-state index is 13.5. The minimum atomic E-state index is -0.765. The van der Waals surface area contributed by atoms with Gasteiger partial charge in [0, 0.05) is 29.6 Å². The average molecular weight is 315 g/mol. The molecule has 0 N–H and O–H groups in total. The molecule has 116 valence electrons. The largest absolute Gasteiger partial charge is 0.486 e. The second-order valence-corrected chi connectivity index (χ2v) is 4.96. The van der Waals surface area contributed by atoms with Gasteiger partial charge in [0.15, 0.2) is 11.6 Å². The summed E-state index contributed by atoms with van der Waals surface area (Å²) in [6.07, 6.45) is 3.18. The summed E-state index contributed by atoms with van der Waals surface area (Å²) in [6, 6.07) is 11.0. The number of ether oxygens (including phenoxy) is 1. The SMILES string of the molecule is Fc1cccc(-c2cncc(COc3ccc(F)cc3F)c2)c1. The van der Waals surface area contributed by atoms with Gasteiger partial charge in [-0.25, -0.2) is 13.2 Å². The molecule has 0 aliphatic rings. The maximum absolute atomic E-state index is 13.5. The van der Waals surface area contributed by atoms with Gasteiger partial charge in [-0.15, -0.1) is 0 Å². The molecule has 1 heterocycles. The molecule has 0 spiro atoms. The summed E-state index contributed by atoms with van der Waals surface area (Å²) in [5.41, 5.74) is 2.10. The monoisotopic (exact) mass is 315 g/mol. The fourth-order valence-corrected chi connectivity index (χ4v) is 2.15. The Morgan fingerprint density at radius 2 is 1.65 bits per heavy atom. The lowest BCUT2D eigenvalue weighted by atomic mass is 10.1. The zero-order valence-electron chi connectivity index (χ0n) is 12.0. The summed E-state index contributed by atoms with van der Waals surface area (Å²) in [4.78, 5) is 4.08. The number of hydrogen-bond acceptors (Lipinski definition) is 2. The van der Waals surface area contributed by atoms with E-state index in [-0.39, 0.29) is 18.2 Å². The molecule has 5 heteroatoms. The molecule has 0 atom stereocenters. The first kappa shape index (κ1) is 15.1. The number of pyridine rings is 1. The minimum absolute atomic E-state index is 0.0393. The highest BCUT2D eigenvalue weighted by molar-refractivity contribution is 5.62. The normalized spacial score (nSPS) is 10.6. The van der Waals surface area contributed by atoms with Crippen molar-refractivity contribution in [1.82, 2.24) is 4.98 Å². The molecule has 0 bridgehead atoms. The van der Waals surface area contributed by atoms with Crippen LogP contribution in [-0.4, -0.2) is 4.98 Å². The Morgan fingerprint density at radius 1 is 0.826 bits per heavy atom. The number of rotatable bonds is 4. The Morgan fingerprint density at radius 3 is 2.43 bits per heavy atom. The number of halogens is 3. The van der Waals surface area contributed by atoms with Crippen LogP contribution in [0, 0.1) is 17.5 Å². The molecule has 23 heavy (non-hydrogen) atoms. The van der Waals surface area contributed by atoms with Gasteiger partial charge in [0.1, 0.15) is 18.2 Å². The highest BCUT2D eigenvalue weighted by Crippen LogP contribution is 2.22. The van der Waals surface area contributed by atoms with Gasteiger partial charge < -0.3 is 4.74 Å². The van der Waals surface area contributed by atoms with E-state index in [4.69, 9.17) is 4.74 Å². The highest BCUT2D eigenvalue weighted by atomic mass is 19.1. The fourth-order valence-electron chi connectivity index (χ4n) is 2.15. The lowest BCUT2D eigenvalue weighted by Gasteiger charge is -2.08. The van der Waals surface area contributed by atoms with Gasteiger partial charge >= 0.3 is 0 Å². The summed E-state index contributed by atoms with van der Waals surface area (Å²) in [7, 11) is 0. The molecular weight excluding hydrogens is 303 g/mol. The van der Waals surface area contributed by atoms with E-state index in [0.29, 0.717) is 11.1 Å². The average Bonchev–Trinajstić information content (AvgIpc) is 2.54. The molecule has 2 aromatic carbocycles. The van der Waals surface area contributed by atoms with E-state index in [2.05, 4.69) is 4.98 Å². The van der Waals surface area contributed by atoms with Crippen LogP contribution in [0.2, 0.25) is 0 Å². The summed E-state index contributed by atoms with van der Waals surface area (Å²) >= 11 is 0. The van der Waals surface area contributed by atoms with Crippen molar-refractivity contribution in [3.05, 3.63) is 83.9 Å². The van der Waals surface area contributed by atoms with Crippen LogP contribution in [-0.2, 0) is 6.61 Å². The van der Waals surface area contributed by atoms with Gasteiger partial charge in [-0.3, -0.25) is 4.98 Å². The van der Waals surface area contributed by atoms with Crippen molar-refractivity contribution in [1.29, 1.82) is 0 Å². The highest BCUT2D eigenvalue weighted by Gasteiger charge is 2.06. The molecule has 2 nitrogen and oxygen atoms in total. The van der Waals surface area contributed by atoms with E-state index < -0.39 is 11.6 Å². The van der Waals surface area contributed by atoms with E-state index in [1.807, 2.05) is 0 Å². The van der Waals surface area contributed by atoms with Crippen LogP contribution < -0.4 is 4.74 Å². The summed E-state index contributed by atoms with van der Waals surface area (Å²) < 4.78 is 45.0. The van der Waals surface area contributed by atoms with E-state index >= 15 is 0 Å². The van der Waals surface area contributed by atoms with Gasteiger partial charge in [0.25, 0.3) is 0 Å². The Balaban J connectivity index is 1.78. The van der Waals surface area contributed by atoms with E-state index in [1.165, 1.54) is 18.2 Å². The smallest absolute Gasteiger partial charge is 0.167 e. The van der Waals surface area contributed by atoms with Crippen LogP contribution in [0.3, 0.4) is 0 Å². The van der Waals surface area contributed by atoms with Gasteiger partial charge in [-0.1, -0.05) is 12.1 Å².